The van der Waals surface area contributed by atoms with Crippen LogP contribution in [-0.2, 0) is 0 Å². The Morgan fingerprint density at radius 1 is 1.37 bits per heavy atom. The van der Waals surface area contributed by atoms with Gasteiger partial charge in [-0.25, -0.2) is 4.39 Å². The molecule has 3 heteroatoms. The van der Waals surface area contributed by atoms with E-state index in [1.165, 1.54) is 18.9 Å². The maximum absolute atomic E-state index is 14.1. The maximum Gasteiger partial charge on any atom is 0.128 e. The molecule has 3 rings (SSSR count). The van der Waals surface area contributed by atoms with Gasteiger partial charge in [-0.15, -0.1) is 0 Å². The highest BCUT2D eigenvalue weighted by Crippen LogP contribution is 2.60. The lowest BCUT2D eigenvalue weighted by Gasteiger charge is -2.18. The quantitative estimate of drug-likeness (QED) is 0.753. The van der Waals surface area contributed by atoms with Gasteiger partial charge in [0.2, 0.25) is 0 Å². The minimum absolute atomic E-state index is 0.0321. The van der Waals surface area contributed by atoms with Gasteiger partial charge >= 0.3 is 0 Å². The minimum atomic E-state index is -0.264. The summed E-state index contributed by atoms with van der Waals surface area (Å²) in [6.45, 7) is 2.30. The molecule has 0 spiro atoms. The van der Waals surface area contributed by atoms with Crippen molar-refractivity contribution in [3.8, 4) is 6.07 Å². The van der Waals surface area contributed by atoms with Crippen molar-refractivity contribution >= 4 is 11.6 Å². The number of nitriles is 1. The fourth-order valence-electron chi connectivity index (χ4n) is 3.50. The molecule has 1 unspecified atom stereocenters. The summed E-state index contributed by atoms with van der Waals surface area (Å²) >= 11 is 5.80. The highest BCUT2D eigenvalue weighted by atomic mass is 35.5. The molecule has 2 aliphatic carbocycles. The summed E-state index contributed by atoms with van der Waals surface area (Å²) in [6, 6.07) is 7.22. The zero-order valence-corrected chi connectivity index (χ0v) is 11.8. The molecule has 0 radical (unpaired) electrons. The summed E-state index contributed by atoms with van der Waals surface area (Å²) in [5, 5.41) is 9.76. The molecule has 1 aromatic carbocycles. The molecule has 2 saturated carbocycles. The Bertz CT molecular complexity index is 544. The Morgan fingerprint density at radius 2 is 2.11 bits per heavy atom. The summed E-state index contributed by atoms with van der Waals surface area (Å²) in [5.41, 5.74) is 1.08. The SMILES string of the molecule is CC1(C2C[C@@H](C#N)[C@H](c3ccc(Cl)cc3F)C2)CC1. The molecule has 1 nitrogen and oxygen atoms in total. The molecule has 0 N–H and O–H groups in total. The van der Waals surface area contributed by atoms with Gasteiger partial charge < -0.3 is 0 Å². The van der Waals surface area contributed by atoms with Crippen molar-refractivity contribution in [3.05, 3.63) is 34.6 Å². The van der Waals surface area contributed by atoms with Crippen LogP contribution in [0.3, 0.4) is 0 Å². The van der Waals surface area contributed by atoms with Crippen LogP contribution in [0.15, 0.2) is 18.2 Å². The Labute approximate surface area is 118 Å². The van der Waals surface area contributed by atoms with E-state index in [9.17, 15) is 9.65 Å². The zero-order chi connectivity index (χ0) is 13.6. The van der Waals surface area contributed by atoms with Crippen molar-refractivity contribution in [1.29, 1.82) is 5.26 Å². The molecule has 0 aliphatic heterocycles. The number of nitrogens with zero attached hydrogens (tertiary/aromatic N) is 1. The topological polar surface area (TPSA) is 23.8 Å². The van der Waals surface area contributed by atoms with E-state index >= 15 is 0 Å². The molecule has 0 heterocycles. The molecule has 0 saturated heterocycles. The fraction of sp³-hybridized carbons (Fsp3) is 0.562. The Kier molecular flexibility index (Phi) is 3.06. The van der Waals surface area contributed by atoms with Crippen LogP contribution in [-0.4, -0.2) is 0 Å². The van der Waals surface area contributed by atoms with Crippen molar-refractivity contribution in [3.63, 3.8) is 0 Å². The predicted octanol–water partition coefficient (Wildman–Crippen LogP) is 4.91. The van der Waals surface area contributed by atoms with Crippen molar-refractivity contribution in [1.82, 2.24) is 0 Å². The molecule has 1 aromatic rings. The number of rotatable bonds is 2. The molecule has 2 aliphatic rings. The van der Waals surface area contributed by atoms with Crippen LogP contribution in [0.1, 0.15) is 44.1 Å². The van der Waals surface area contributed by atoms with Gasteiger partial charge in [-0.2, -0.15) is 5.26 Å². The maximum atomic E-state index is 14.1. The first kappa shape index (κ1) is 12.9. The van der Waals surface area contributed by atoms with E-state index in [0.29, 0.717) is 21.9 Å². The van der Waals surface area contributed by atoms with E-state index < -0.39 is 0 Å². The normalized spacial score (nSPS) is 32.0. The second-order valence-corrected chi connectivity index (χ2v) is 6.77. The highest BCUT2D eigenvalue weighted by molar-refractivity contribution is 6.30. The molecule has 0 bridgehead atoms. The minimum Gasteiger partial charge on any atom is -0.207 e. The molecule has 3 atom stereocenters. The van der Waals surface area contributed by atoms with Crippen LogP contribution in [0, 0.1) is 34.4 Å². The van der Waals surface area contributed by atoms with Gasteiger partial charge in [-0.05, 0) is 54.7 Å². The van der Waals surface area contributed by atoms with Crippen LogP contribution in [0.25, 0.3) is 0 Å². The molecular formula is C16H17ClFN. The predicted molar refractivity (Wildman–Crippen MR) is 73.3 cm³/mol. The summed E-state index contributed by atoms with van der Waals surface area (Å²) in [7, 11) is 0. The number of benzene rings is 1. The van der Waals surface area contributed by atoms with E-state index in [1.54, 1.807) is 12.1 Å². The number of hydrogen-bond donors (Lipinski definition) is 0. The first-order valence-electron chi connectivity index (χ1n) is 6.88. The lowest BCUT2D eigenvalue weighted by molar-refractivity contribution is 0.336. The summed E-state index contributed by atoms with van der Waals surface area (Å²) < 4.78 is 14.1. The smallest absolute Gasteiger partial charge is 0.128 e. The average molecular weight is 278 g/mol. The van der Waals surface area contributed by atoms with Gasteiger partial charge in [0.15, 0.2) is 0 Å². The standard InChI is InChI=1S/C16H17ClFN/c1-16(4-5-16)11-6-10(9-19)14(7-11)13-3-2-12(17)8-15(13)18/h2-3,8,10-11,14H,4-7H2,1H3/t10-,11?,14+/m0/s1. The Hall–Kier alpha value is -1.07. The molecule has 2 fully saturated rings. The summed E-state index contributed by atoms with van der Waals surface area (Å²) in [4.78, 5) is 0. The van der Waals surface area contributed by atoms with Gasteiger partial charge in [0.05, 0.1) is 12.0 Å². The molecule has 100 valence electrons. The van der Waals surface area contributed by atoms with Crippen LogP contribution >= 0.6 is 11.6 Å². The molecule has 19 heavy (non-hydrogen) atoms. The van der Waals surface area contributed by atoms with Gasteiger partial charge in [-0.1, -0.05) is 24.6 Å². The van der Waals surface area contributed by atoms with E-state index in [2.05, 4.69) is 13.0 Å². The monoisotopic (exact) mass is 277 g/mol. The summed E-state index contributed by atoms with van der Waals surface area (Å²) in [5.74, 6) is 0.277. The first-order chi connectivity index (χ1) is 9.03. The van der Waals surface area contributed by atoms with Crippen molar-refractivity contribution in [2.24, 2.45) is 17.3 Å². The third-order valence-electron chi connectivity index (χ3n) is 5.11. The Morgan fingerprint density at radius 3 is 2.68 bits per heavy atom. The zero-order valence-electron chi connectivity index (χ0n) is 11.0. The van der Waals surface area contributed by atoms with E-state index in [0.717, 1.165) is 12.8 Å². The molecule has 0 aromatic heterocycles. The van der Waals surface area contributed by atoms with Gasteiger partial charge in [0.1, 0.15) is 5.82 Å². The molecular weight excluding hydrogens is 261 g/mol. The third kappa shape index (κ3) is 2.25. The average Bonchev–Trinajstić information content (AvgIpc) is 2.97. The van der Waals surface area contributed by atoms with E-state index in [1.807, 2.05) is 0 Å². The van der Waals surface area contributed by atoms with Gasteiger partial charge in [0, 0.05) is 10.9 Å². The second kappa shape index (κ2) is 4.49. The van der Waals surface area contributed by atoms with Gasteiger partial charge in [0.25, 0.3) is 0 Å². The fourth-order valence-corrected chi connectivity index (χ4v) is 3.66. The number of hydrogen-bond acceptors (Lipinski definition) is 1. The third-order valence-corrected chi connectivity index (χ3v) is 5.35. The molecule has 0 amide bonds. The lowest BCUT2D eigenvalue weighted by Crippen LogP contribution is -2.08. The second-order valence-electron chi connectivity index (χ2n) is 6.33. The highest BCUT2D eigenvalue weighted by Gasteiger charge is 2.50. The van der Waals surface area contributed by atoms with Crippen LogP contribution in [0.2, 0.25) is 5.02 Å². The van der Waals surface area contributed by atoms with E-state index in [-0.39, 0.29) is 17.7 Å². The van der Waals surface area contributed by atoms with E-state index in [4.69, 9.17) is 11.6 Å². The number of halogens is 2. The van der Waals surface area contributed by atoms with Crippen LogP contribution in [0.5, 0.6) is 0 Å². The largest absolute Gasteiger partial charge is 0.207 e. The summed E-state index contributed by atoms with van der Waals surface area (Å²) in [6.07, 6.45) is 4.37. The van der Waals surface area contributed by atoms with Crippen molar-refractivity contribution < 1.29 is 4.39 Å². The lowest BCUT2D eigenvalue weighted by atomic mass is 9.87. The van der Waals surface area contributed by atoms with Gasteiger partial charge in [-0.3, -0.25) is 0 Å². The van der Waals surface area contributed by atoms with Crippen LogP contribution in [0.4, 0.5) is 4.39 Å². The Balaban J connectivity index is 1.89. The first-order valence-corrected chi connectivity index (χ1v) is 7.26. The van der Waals surface area contributed by atoms with Crippen molar-refractivity contribution in [2.45, 2.75) is 38.5 Å². The van der Waals surface area contributed by atoms with Crippen LogP contribution < -0.4 is 0 Å². The van der Waals surface area contributed by atoms with Crippen molar-refractivity contribution in [2.75, 3.05) is 0 Å².